The predicted molar refractivity (Wildman–Crippen MR) is 66.6 cm³/mol. The number of aromatic nitrogens is 2. The molecule has 1 saturated heterocycles. The van der Waals surface area contributed by atoms with Crippen molar-refractivity contribution in [1.82, 2.24) is 15.1 Å². The first kappa shape index (κ1) is 11.5. The van der Waals surface area contributed by atoms with Gasteiger partial charge in [0, 0.05) is 24.8 Å². The van der Waals surface area contributed by atoms with Crippen molar-refractivity contribution in [2.24, 2.45) is 0 Å². The Balaban J connectivity index is 1.79. The van der Waals surface area contributed by atoms with Crippen molar-refractivity contribution in [3.8, 4) is 0 Å². The molecule has 2 N–H and O–H groups in total. The van der Waals surface area contributed by atoms with Gasteiger partial charge in [0.2, 0.25) is 0 Å². The molecule has 0 aromatic carbocycles. The SMILES string of the molecule is CCn1cc(NC(C)CC2CCCN2)cn1. The molecule has 1 fully saturated rings. The van der Waals surface area contributed by atoms with Crippen LogP contribution in [0.15, 0.2) is 12.4 Å². The summed E-state index contributed by atoms with van der Waals surface area (Å²) in [7, 11) is 0. The lowest BCUT2D eigenvalue weighted by Crippen LogP contribution is -2.29. The van der Waals surface area contributed by atoms with Crippen LogP contribution in [0.4, 0.5) is 5.69 Å². The van der Waals surface area contributed by atoms with Crippen molar-refractivity contribution in [3.63, 3.8) is 0 Å². The van der Waals surface area contributed by atoms with Gasteiger partial charge in [-0.1, -0.05) is 0 Å². The summed E-state index contributed by atoms with van der Waals surface area (Å²) in [6, 6.07) is 1.20. The highest BCUT2D eigenvalue weighted by atomic mass is 15.3. The molecule has 2 heterocycles. The minimum absolute atomic E-state index is 0.505. The normalized spacial score (nSPS) is 22.2. The molecule has 2 atom stereocenters. The Morgan fingerprint density at radius 1 is 1.69 bits per heavy atom. The molecule has 90 valence electrons. The third-order valence-corrected chi connectivity index (χ3v) is 3.17. The smallest absolute Gasteiger partial charge is 0.0728 e. The Kier molecular flexibility index (Phi) is 3.83. The molecule has 1 aliphatic rings. The molecular formula is C12H22N4. The van der Waals surface area contributed by atoms with Crippen molar-refractivity contribution >= 4 is 5.69 Å². The summed E-state index contributed by atoms with van der Waals surface area (Å²) in [4.78, 5) is 0. The summed E-state index contributed by atoms with van der Waals surface area (Å²) in [6.45, 7) is 6.46. The molecule has 1 aromatic rings. The molecule has 1 aliphatic heterocycles. The van der Waals surface area contributed by atoms with Gasteiger partial charge in [-0.3, -0.25) is 4.68 Å². The van der Waals surface area contributed by atoms with E-state index in [0.717, 1.165) is 12.2 Å². The molecule has 1 aromatic heterocycles. The monoisotopic (exact) mass is 222 g/mol. The molecule has 0 saturated carbocycles. The zero-order valence-electron chi connectivity index (χ0n) is 10.2. The lowest BCUT2D eigenvalue weighted by Gasteiger charge is -2.18. The highest BCUT2D eigenvalue weighted by molar-refractivity contribution is 5.39. The Bertz CT molecular complexity index is 315. The summed E-state index contributed by atoms with van der Waals surface area (Å²) in [5.41, 5.74) is 1.13. The standard InChI is InChI=1S/C12H22N4/c1-3-16-9-12(8-14-16)15-10(2)7-11-5-4-6-13-11/h8-11,13,15H,3-7H2,1-2H3. The van der Waals surface area contributed by atoms with E-state index in [1.165, 1.54) is 25.8 Å². The highest BCUT2D eigenvalue weighted by Crippen LogP contribution is 2.14. The first-order valence-electron chi connectivity index (χ1n) is 6.30. The van der Waals surface area contributed by atoms with Gasteiger partial charge in [0.05, 0.1) is 11.9 Å². The fourth-order valence-corrected chi connectivity index (χ4v) is 2.34. The molecule has 0 amide bonds. The Labute approximate surface area is 97.4 Å². The quantitative estimate of drug-likeness (QED) is 0.799. The van der Waals surface area contributed by atoms with Crippen molar-refractivity contribution < 1.29 is 0 Å². The Hall–Kier alpha value is -1.03. The number of aryl methyl sites for hydroxylation is 1. The number of rotatable bonds is 5. The summed E-state index contributed by atoms with van der Waals surface area (Å²) in [5.74, 6) is 0. The molecule has 0 aliphatic carbocycles. The van der Waals surface area contributed by atoms with Gasteiger partial charge in [-0.15, -0.1) is 0 Å². The van der Waals surface area contributed by atoms with Crippen molar-refractivity contribution in [3.05, 3.63) is 12.4 Å². The predicted octanol–water partition coefficient (Wildman–Crippen LogP) is 1.85. The summed E-state index contributed by atoms with van der Waals surface area (Å²) in [5, 5.41) is 11.3. The minimum atomic E-state index is 0.505. The summed E-state index contributed by atoms with van der Waals surface area (Å²) < 4.78 is 1.95. The zero-order chi connectivity index (χ0) is 11.4. The largest absolute Gasteiger partial charge is 0.380 e. The second kappa shape index (κ2) is 5.34. The Morgan fingerprint density at radius 2 is 2.56 bits per heavy atom. The maximum Gasteiger partial charge on any atom is 0.0728 e. The molecule has 4 heteroatoms. The molecule has 16 heavy (non-hydrogen) atoms. The molecule has 4 nitrogen and oxygen atoms in total. The number of nitrogens with zero attached hydrogens (tertiary/aromatic N) is 2. The van der Waals surface area contributed by atoms with Gasteiger partial charge >= 0.3 is 0 Å². The van der Waals surface area contributed by atoms with Crippen LogP contribution in [-0.4, -0.2) is 28.4 Å². The van der Waals surface area contributed by atoms with Crippen LogP contribution in [0.25, 0.3) is 0 Å². The molecule has 2 unspecified atom stereocenters. The average molecular weight is 222 g/mol. The van der Waals surface area contributed by atoms with Crippen LogP contribution in [0.1, 0.15) is 33.1 Å². The van der Waals surface area contributed by atoms with Crippen molar-refractivity contribution in [2.45, 2.75) is 51.7 Å². The zero-order valence-corrected chi connectivity index (χ0v) is 10.2. The van der Waals surface area contributed by atoms with Gasteiger partial charge in [-0.2, -0.15) is 5.10 Å². The highest BCUT2D eigenvalue weighted by Gasteiger charge is 2.16. The molecule has 0 bridgehead atoms. The maximum atomic E-state index is 4.26. The van der Waals surface area contributed by atoms with Crippen LogP contribution in [0.2, 0.25) is 0 Å². The van der Waals surface area contributed by atoms with Crippen LogP contribution >= 0.6 is 0 Å². The van der Waals surface area contributed by atoms with Gasteiger partial charge in [0.25, 0.3) is 0 Å². The lowest BCUT2D eigenvalue weighted by molar-refractivity contribution is 0.523. The number of nitrogens with one attached hydrogen (secondary N) is 2. The minimum Gasteiger partial charge on any atom is -0.380 e. The van der Waals surface area contributed by atoms with E-state index >= 15 is 0 Å². The first-order valence-corrected chi connectivity index (χ1v) is 6.30. The fraction of sp³-hybridized carbons (Fsp3) is 0.750. The van der Waals surface area contributed by atoms with Gasteiger partial charge in [-0.25, -0.2) is 0 Å². The van der Waals surface area contributed by atoms with Gasteiger partial charge in [-0.05, 0) is 39.7 Å². The van der Waals surface area contributed by atoms with E-state index in [1.54, 1.807) is 0 Å². The van der Waals surface area contributed by atoms with Gasteiger partial charge < -0.3 is 10.6 Å². The van der Waals surface area contributed by atoms with Crippen molar-refractivity contribution in [1.29, 1.82) is 0 Å². The van der Waals surface area contributed by atoms with Crippen LogP contribution in [0.3, 0.4) is 0 Å². The molecule has 2 rings (SSSR count). The average Bonchev–Trinajstić information content (AvgIpc) is 2.89. The number of hydrogen-bond donors (Lipinski definition) is 2. The maximum absolute atomic E-state index is 4.26. The molecule has 0 spiro atoms. The number of hydrogen-bond acceptors (Lipinski definition) is 3. The first-order chi connectivity index (χ1) is 7.78. The third-order valence-electron chi connectivity index (χ3n) is 3.17. The fourth-order valence-electron chi connectivity index (χ4n) is 2.34. The van der Waals surface area contributed by atoms with Crippen LogP contribution in [0, 0.1) is 0 Å². The van der Waals surface area contributed by atoms with E-state index in [1.807, 2.05) is 10.9 Å². The number of anilines is 1. The van der Waals surface area contributed by atoms with E-state index in [9.17, 15) is 0 Å². The second-order valence-electron chi connectivity index (χ2n) is 4.66. The van der Waals surface area contributed by atoms with Gasteiger partial charge in [0.15, 0.2) is 0 Å². The van der Waals surface area contributed by atoms with Crippen LogP contribution in [-0.2, 0) is 6.54 Å². The van der Waals surface area contributed by atoms with Crippen LogP contribution < -0.4 is 10.6 Å². The molecule has 0 radical (unpaired) electrons. The van der Waals surface area contributed by atoms with E-state index in [4.69, 9.17) is 0 Å². The third kappa shape index (κ3) is 2.98. The van der Waals surface area contributed by atoms with E-state index in [2.05, 4.69) is 35.8 Å². The van der Waals surface area contributed by atoms with E-state index in [-0.39, 0.29) is 0 Å². The van der Waals surface area contributed by atoms with E-state index in [0.29, 0.717) is 12.1 Å². The Morgan fingerprint density at radius 3 is 3.19 bits per heavy atom. The van der Waals surface area contributed by atoms with E-state index < -0.39 is 0 Å². The second-order valence-corrected chi connectivity index (χ2v) is 4.66. The summed E-state index contributed by atoms with van der Waals surface area (Å²) >= 11 is 0. The summed E-state index contributed by atoms with van der Waals surface area (Å²) in [6.07, 6.45) is 7.81. The molecular weight excluding hydrogens is 200 g/mol. The van der Waals surface area contributed by atoms with Crippen molar-refractivity contribution in [2.75, 3.05) is 11.9 Å². The van der Waals surface area contributed by atoms with Gasteiger partial charge in [0.1, 0.15) is 0 Å². The van der Waals surface area contributed by atoms with Crippen LogP contribution in [0.5, 0.6) is 0 Å². The topological polar surface area (TPSA) is 41.9 Å². The lowest BCUT2D eigenvalue weighted by atomic mass is 10.1.